The van der Waals surface area contributed by atoms with Crippen LogP contribution in [0.3, 0.4) is 0 Å². The quantitative estimate of drug-likeness (QED) is 0.644. The molecule has 0 aromatic rings. The van der Waals surface area contributed by atoms with Crippen LogP contribution in [-0.2, 0) is 4.74 Å². The van der Waals surface area contributed by atoms with Gasteiger partial charge in [0.05, 0.1) is 6.61 Å². The predicted octanol–water partition coefficient (Wildman–Crippen LogP) is 2.53. The lowest BCUT2D eigenvalue weighted by molar-refractivity contribution is 0.129. The first kappa shape index (κ1) is 14.3. The van der Waals surface area contributed by atoms with E-state index in [1.165, 1.54) is 6.42 Å². The molecule has 2 atom stereocenters. The molecular formula is C11H25NOS. The van der Waals surface area contributed by atoms with Crippen molar-refractivity contribution in [2.75, 3.05) is 25.5 Å². The van der Waals surface area contributed by atoms with E-state index >= 15 is 0 Å². The first-order valence-corrected chi connectivity index (χ1v) is 6.72. The second kappa shape index (κ2) is 9.81. The van der Waals surface area contributed by atoms with E-state index in [1.807, 2.05) is 18.7 Å². The van der Waals surface area contributed by atoms with Crippen LogP contribution in [0.5, 0.6) is 0 Å². The van der Waals surface area contributed by atoms with Crippen molar-refractivity contribution in [3.8, 4) is 0 Å². The summed E-state index contributed by atoms with van der Waals surface area (Å²) >= 11 is 2.03. The summed E-state index contributed by atoms with van der Waals surface area (Å²) in [6.07, 6.45) is 1.25. The van der Waals surface area contributed by atoms with Crippen LogP contribution in [0.25, 0.3) is 0 Å². The molecule has 86 valence electrons. The van der Waals surface area contributed by atoms with E-state index in [0.29, 0.717) is 6.04 Å². The number of hydrogen-bond donors (Lipinski definition) is 1. The number of thioether (sulfide) groups is 1. The second-order valence-electron chi connectivity index (χ2n) is 3.47. The zero-order chi connectivity index (χ0) is 10.8. The molecule has 0 rings (SSSR count). The van der Waals surface area contributed by atoms with Crippen LogP contribution in [-0.4, -0.2) is 36.8 Å². The van der Waals surface area contributed by atoms with Crippen molar-refractivity contribution in [1.82, 2.24) is 5.32 Å². The molecule has 0 aliphatic heterocycles. The second-order valence-corrected chi connectivity index (χ2v) is 4.94. The van der Waals surface area contributed by atoms with Gasteiger partial charge in [-0.05, 0) is 19.9 Å². The van der Waals surface area contributed by atoms with Crippen molar-refractivity contribution in [3.63, 3.8) is 0 Å². The summed E-state index contributed by atoms with van der Waals surface area (Å²) in [7, 11) is 0. The van der Waals surface area contributed by atoms with E-state index in [-0.39, 0.29) is 0 Å². The van der Waals surface area contributed by atoms with Gasteiger partial charge in [-0.1, -0.05) is 20.8 Å². The Morgan fingerprint density at radius 2 is 2.00 bits per heavy atom. The smallest absolute Gasteiger partial charge is 0.0627 e. The van der Waals surface area contributed by atoms with Gasteiger partial charge in [-0.15, -0.1) is 0 Å². The summed E-state index contributed by atoms with van der Waals surface area (Å²) in [5.74, 6) is 1.16. The van der Waals surface area contributed by atoms with Gasteiger partial charge in [0, 0.05) is 23.7 Å². The molecule has 0 bridgehead atoms. The maximum atomic E-state index is 5.44. The molecule has 3 heteroatoms. The van der Waals surface area contributed by atoms with Crippen molar-refractivity contribution in [2.45, 2.75) is 45.4 Å². The van der Waals surface area contributed by atoms with Gasteiger partial charge >= 0.3 is 0 Å². The summed E-state index contributed by atoms with van der Waals surface area (Å²) in [4.78, 5) is 0. The lowest BCUT2D eigenvalue weighted by Gasteiger charge is -2.19. The SMILES string of the molecule is CCNC(COCC)CSC(C)CC. The molecule has 0 saturated heterocycles. The van der Waals surface area contributed by atoms with Crippen molar-refractivity contribution in [2.24, 2.45) is 0 Å². The van der Waals surface area contributed by atoms with Gasteiger partial charge in [0.25, 0.3) is 0 Å². The molecule has 0 aliphatic rings. The predicted molar refractivity (Wildman–Crippen MR) is 66.2 cm³/mol. The average molecular weight is 219 g/mol. The molecule has 0 aromatic heterocycles. The Kier molecular flexibility index (Phi) is 10.0. The van der Waals surface area contributed by atoms with E-state index in [9.17, 15) is 0 Å². The Bertz CT molecular complexity index is 122. The number of hydrogen-bond acceptors (Lipinski definition) is 3. The molecule has 14 heavy (non-hydrogen) atoms. The standard InChI is InChI=1S/C11H25NOS/c1-5-10(4)14-9-11(12-6-2)8-13-7-3/h10-12H,5-9H2,1-4H3. The fraction of sp³-hybridized carbons (Fsp3) is 1.00. The normalized spacial score (nSPS) is 15.4. The summed E-state index contributed by atoms with van der Waals surface area (Å²) in [6.45, 7) is 11.4. The molecule has 0 aromatic carbocycles. The maximum Gasteiger partial charge on any atom is 0.0627 e. The lowest BCUT2D eigenvalue weighted by Crippen LogP contribution is -2.36. The van der Waals surface area contributed by atoms with Gasteiger partial charge in [0.15, 0.2) is 0 Å². The molecule has 2 nitrogen and oxygen atoms in total. The molecule has 0 heterocycles. The molecule has 0 saturated carbocycles. The van der Waals surface area contributed by atoms with Gasteiger partial charge in [-0.3, -0.25) is 0 Å². The van der Waals surface area contributed by atoms with E-state index in [1.54, 1.807) is 0 Å². The van der Waals surface area contributed by atoms with Crippen molar-refractivity contribution < 1.29 is 4.74 Å². The molecule has 0 aliphatic carbocycles. The number of rotatable bonds is 9. The topological polar surface area (TPSA) is 21.3 Å². The zero-order valence-electron chi connectivity index (χ0n) is 10.0. The lowest BCUT2D eigenvalue weighted by atomic mass is 10.3. The van der Waals surface area contributed by atoms with Crippen LogP contribution in [0.1, 0.15) is 34.1 Å². The Morgan fingerprint density at radius 3 is 2.50 bits per heavy atom. The van der Waals surface area contributed by atoms with E-state index in [0.717, 1.165) is 30.8 Å². The first-order chi connectivity index (χ1) is 6.74. The minimum atomic E-state index is 0.513. The van der Waals surface area contributed by atoms with Crippen LogP contribution in [0.15, 0.2) is 0 Å². The van der Waals surface area contributed by atoms with Crippen LogP contribution >= 0.6 is 11.8 Å². The van der Waals surface area contributed by atoms with Gasteiger partial charge in [-0.25, -0.2) is 0 Å². The first-order valence-electron chi connectivity index (χ1n) is 5.67. The highest BCUT2D eigenvalue weighted by Gasteiger charge is 2.09. The number of nitrogens with one attached hydrogen (secondary N) is 1. The molecule has 0 fully saturated rings. The number of likely N-dealkylation sites (N-methyl/N-ethyl adjacent to an activating group) is 1. The average Bonchev–Trinajstić information content (AvgIpc) is 2.21. The van der Waals surface area contributed by atoms with Gasteiger partial charge in [-0.2, -0.15) is 11.8 Å². The van der Waals surface area contributed by atoms with Crippen LogP contribution < -0.4 is 5.32 Å². The zero-order valence-corrected chi connectivity index (χ0v) is 10.8. The highest BCUT2D eigenvalue weighted by molar-refractivity contribution is 7.99. The Labute approximate surface area is 93.2 Å². The van der Waals surface area contributed by atoms with Gasteiger partial charge < -0.3 is 10.1 Å². The Balaban J connectivity index is 3.60. The van der Waals surface area contributed by atoms with Crippen LogP contribution in [0, 0.1) is 0 Å². The summed E-state index contributed by atoms with van der Waals surface area (Å²) in [5.41, 5.74) is 0. The fourth-order valence-corrected chi connectivity index (χ4v) is 2.12. The number of ether oxygens (including phenoxy) is 1. The highest BCUT2D eigenvalue weighted by atomic mass is 32.2. The Hall–Kier alpha value is 0.270. The minimum absolute atomic E-state index is 0.513. The van der Waals surface area contributed by atoms with Gasteiger partial charge in [0.1, 0.15) is 0 Å². The van der Waals surface area contributed by atoms with Gasteiger partial charge in [0.2, 0.25) is 0 Å². The maximum absolute atomic E-state index is 5.44. The van der Waals surface area contributed by atoms with Crippen LogP contribution in [0.2, 0.25) is 0 Å². The van der Waals surface area contributed by atoms with Crippen molar-refractivity contribution in [3.05, 3.63) is 0 Å². The minimum Gasteiger partial charge on any atom is -0.380 e. The summed E-state index contributed by atoms with van der Waals surface area (Å²) in [5, 5.41) is 4.21. The van der Waals surface area contributed by atoms with E-state index in [4.69, 9.17) is 4.74 Å². The van der Waals surface area contributed by atoms with Crippen molar-refractivity contribution >= 4 is 11.8 Å². The third-order valence-corrected chi connectivity index (χ3v) is 3.67. The van der Waals surface area contributed by atoms with Crippen LogP contribution in [0.4, 0.5) is 0 Å². The Morgan fingerprint density at radius 1 is 1.29 bits per heavy atom. The molecule has 0 radical (unpaired) electrons. The third kappa shape index (κ3) is 7.65. The molecule has 0 spiro atoms. The highest BCUT2D eigenvalue weighted by Crippen LogP contribution is 2.14. The van der Waals surface area contributed by atoms with E-state index < -0.39 is 0 Å². The third-order valence-electron chi connectivity index (χ3n) is 2.17. The fourth-order valence-electron chi connectivity index (χ4n) is 1.11. The molecule has 1 N–H and O–H groups in total. The monoisotopic (exact) mass is 219 g/mol. The molecular weight excluding hydrogens is 194 g/mol. The summed E-state index contributed by atoms with van der Waals surface area (Å²) < 4.78 is 5.44. The largest absolute Gasteiger partial charge is 0.380 e. The van der Waals surface area contributed by atoms with Crippen molar-refractivity contribution in [1.29, 1.82) is 0 Å². The summed E-state index contributed by atoms with van der Waals surface area (Å²) in [6, 6.07) is 0.513. The molecule has 0 amide bonds. The molecule has 2 unspecified atom stereocenters. The van der Waals surface area contributed by atoms with E-state index in [2.05, 4.69) is 26.1 Å².